The number of piperidine rings is 1. The molecule has 6 rings (SSSR count). The van der Waals surface area contributed by atoms with Crippen LogP contribution in [0.25, 0.3) is 0 Å². The molecule has 0 aromatic carbocycles. The minimum atomic E-state index is -0.219. The lowest BCUT2D eigenvalue weighted by Crippen LogP contribution is -2.69. The van der Waals surface area contributed by atoms with E-state index in [9.17, 15) is 4.79 Å². The van der Waals surface area contributed by atoms with Crippen molar-refractivity contribution in [1.82, 2.24) is 4.90 Å². The molecular formula is C21H29NO2. The van der Waals surface area contributed by atoms with Crippen molar-refractivity contribution in [2.45, 2.75) is 76.5 Å². The fraction of sp³-hybridized carbons (Fsp3) is 0.857. The number of esters is 1. The van der Waals surface area contributed by atoms with E-state index in [1.807, 2.05) is 0 Å². The van der Waals surface area contributed by atoms with Crippen LogP contribution in [0.1, 0.15) is 58.8 Å². The first-order valence-electron chi connectivity index (χ1n) is 10.2. The fourth-order valence-corrected chi connectivity index (χ4v) is 8.38. The van der Waals surface area contributed by atoms with E-state index in [-0.39, 0.29) is 17.0 Å². The molecule has 24 heavy (non-hydrogen) atoms. The number of carbonyl (C=O) groups excluding carboxylic acids is 1. The Hall–Kier alpha value is -0.830. The molecule has 0 aromatic heterocycles. The van der Waals surface area contributed by atoms with E-state index in [1.54, 1.807) is 5.57 Å². The fourth-order valence-electron chi connectivity index (χ4n) is 8.38. The summed E-state index contributed by atoms with van der Waals surface area (Å²) in [5, 5.41) is 0. The smallest absolute Gasteiger partial charge is 0.307 e. The van der Waals surface area contributed by atoms with E-state index < -0.39 is 0 Å². The second kappa shape index (κ2) is 4.28. The lowest BCUT2D eigenvalue weighted by Gasteiger charge is -2.61. The maximum Gasteiger partial charge on any atom is 0.307 e. The molecule has 1 unspecified atom stereocenters. The zero-order chi connectivity index (χ0) is 16.3. The standard InChI is InChI=1S/C21H29NO2/c1-12-11-22-18-15-5-3-4-13(15)6-7-16(18)20(2)21(10-17(23)24-20)9-8-14(12)19(21)22/h5,12-14,16,18-19H,3-4,6-11H2,1-2H3/t12-,13-,14-,16-,18+,19?,20+,21+/m1/s1. The Bertz CT molecular complexity index is 656. The van der Waals surface area contributed by atoms with Gasteiger partial charge in [-0.05, 0) is 63.2 Å². The molecule has 0 aromatic rings. The van der Waals surface area contributed by atoms with Crippen molar-refractivity contribution in [2.75, 3.05) is 6.54 Å². The Morgan fingerprint density at radius 2 is 2.12 bits per heavy atom. The van der Waals surface area contributed by atoms with Gasteiger partial charge in [0.25, 0.3) is 0 Å². The maximum atomic E-state index is 12.5. The van der Waals surface area contributed by atoms with Crippen LogP contribution in [0.2, 0.25) is 0 Å². The average Bonchev–Trinajstić information content (AvgIpc) is 3.25. The largest absolute Gasteiger partial charge is 0.458 e. The average molecular weight is 327 g/mol. The Kier molecular flexibility index (Phi) is 2.56. The van der Waals surface area contributed by atoms with Crippen LogP contribution < -0.4 is 0 Å². The molecular weight excluding hydrogens is 298 g/mol. The van der Waals surface area contributed by atoms with E-state index in [1.165, 1.54) is 45.1 Å². The number of ether oxygens (including phenoxy) is 1. The molecule has 3 nitrogen and oxygen atoms in total. The molecule has 1 spiro atoms. The Labute approximate surface area is 144 Å². The molecule has 3 aliphatic carbocycles. The van der Waals surface area contributed by atoms with Crippen molar-refractivity contribution in [3.63, 3.8) is 0 Å². The summed E-state index contributed by atoms with van der Waals surface area (Å²) in [6, 6.07) is 1.15. The molecule has 3 saturated heterocycles. The van der Waals surface area contributed by atoms with Gasteiger partial charge in [0.1, 0.15) is 5.60 Å². The summed E-state index contributed by atoms with van der Waals surface area (Å²) in [6.07, 6.45) is 10.9. The maximum absolute atomic E-state index is 12.5. The van der Waals surface area contributed by atoms with Crippen LogP contribution in [0.3, 0.4) is 0 Å². The first-order chi connectivity index (χ1) is 11.6. The SMILES string of the molecule is C[C@@H]1CN2C3[C@@H]1CC[C@]31CC(=O)O[C@@]1(C)[C@@H]1CC[C@H]3CCC=C3[C@@H]12. The van der Waals surface area contributed by atoms with Crippen molar-refractivity contribution in [2.24, 2.45) is 29.1 Å². The van der Waals surface area contributed by atoms with Gasteiger partial charge in [0.15, 0.2) is 0 Å². The van der Waals surface area contributed by atoms with Gasteiger partial charge in [-0.25, -0.2) is 0 Å². The van der Waals surface area contributed by atoms with E-state index in [0.717, 1.165) is 17.8 Å². The van der Waals surface area contributed by atoms with Gasteiger partial charge in [-0.1, -0.05) is 18.6 Å². The van der Waals surface area contributed by atoms with Crippen LogP contribution in [0, 0.1) is 29.1 Å². The van der Waals surface area contributed by atoms with Crippen LogP contribution in [-0.4, -0.2) is 35.1 Å². The van der Waals surface area contributed by atoms with Crippen molar-refractivity contribution in [1.29, 1.82) is 0 Å². The highest BCUT2D eigenvalue weighted by molar-refractivity contribution is 5.75. The topological polar surface area (TPSA) is 29.5 Å². The zero-order valence-corrected chi connectivity index (χ0v) is 15.0. The minimum absolute atomic E-state index is 0.0841. The second-order valence-corrected chi connectivity index (χ2v) is 9.84. The molecule has 3 aliphatic heterocycles. The monoisotopic (exact) mass is 327 g/mol. The Morgan fingerprint density at radius 1 is 1.25 bits per heavy atom. The zero-order valence-electron chi connectivity index (χ0n) is 15.0. The highest BCUT2D eigenvalue weighted by Crippen LogP contribution is 2.70. The molecule has 2 saturated carbocycles. The Balaban J connectivity index is 1.55. The molecule has 3 heteroatoms. The van der Waals surface area contributed by atoms with Crippen LogP contribution >= 0.6 is 0 Å². The van der Waals surface area contributed by atoms with Crippen LogP contribution in [0.5, 0.6) is 0 Å². The van der Waals surface area contributed by atoms with E-state index >= 15 is 0 Å². The summed E-state index contributed by atoms with van der Waals surface area (Å²) in [4.78, 5) is 15.4. The lowest BCUT2D eigenvalue weighted by atomic mass is 9.54. The van der Waals surface area contributed by atoms with Crippen molar-refractivity contribution >= 4 is 5.97 Å². The van der Waals surface area contributed by atoms with Crippen LogP contribution in [-0.2, 0) is 9.53 Å². The van der Waals surface area contributed by atoms with Crippen LogP contribution in [0.15, 0.2) is 11.6 Å². The number of fused-ring (bicyclic) bond motifs is 5. The summed E-state index contributed by atoms with van der Waals surface area (Å²) in [6.45, 7) is 6.02. The Morgan fingerprint density at radius 3 is 3.00 bits per heavy atom. The second-order valence-electron chi connectivity index (χ2n) is 9.84. The number of allylic oxidation sites excluding steroid dienone is 1. The molecule has 5 fully saturated rings. The quantitative estimate of drug-likeness (QED) is 0.503. The van der Waals surface area contributed by atoms with Crippen molar-refractivity contribution < 1.29 is 9.53 Å². The molecule has 130 valence electrons. The van der Waals surface area contributed by atoms with Crippen molar-refractivity contribution in [3.8, 4) is 0 Å². The summed E-state index contributed by atoms with van der Waals surface area (Å²) in [7, 11) is 0. The summed E-state index contributed by atoms with van der Waals surface area (Å²) < 4.78 is 6.24. The van der Waals surface area contributed by atoms with E-state index in [4.69, 9.17) is 4.74 Å². The predicted molar refractivity (Wildman–Crippen MR) is 91.2 cm³/mol. The summed E-state index contributed by atoms with van der Waals surface area (Å²) in [5.74, 6) is 2.97. The third kappa shape index (κ3) is 1.37. The van der Waals surface area contributed by atoms with E-state index in [0.29, 0.717) is 24.4 Å². The third-order valence-corrected chi connectivity index (χ3v) is 9.24. The number of hydrogen-bond acceptors (Lipinski definition) is 3. The van der Waals surface area contributed by atoms with Crippen molar-refractivity contribution in [3.05, 3.63) is 11.6 Å². The number of nitrogens with zero attached hydrogens (tertiary/aromatic N) is 1. The summed E-state index contributed by atoms with van der Waals surface area (Å²) in [5.41, 5.74) is 1.61. The highest BCUT2D eigenvalue weighted by atomic mass is 16.6. The van der Waals surface area contributed by atoms with Crippen LogP contribution in [0.4, 0.5) is 0 Å². The van der Waals surface area contributed by atoms with Gasteiger partial charge in [0.05, 0.1) is 6.42 Å². The third-order valence-electron chi connectivity index (χ3n) is 9.24. The van der Waals surface area contributed by atoms with E-state index in [2.05, 4.69) is 24.8 Å². The number of carbonyl (C=O) groups is 1. The van der Waals surface area contributed by atoms with Gasteiger partial charge in [0, 0.05) is 30.0 Å². The van der Waals surface area contributed by atoms with Gasteiger partial charge in [-0.2, -0.15) is 0 Å². The predicted octanol–water partition coefficient (Wildman–Crippen LogP) is 3.54. The lowest BCUT2D eigenvalue weighted by molar-refractivity contribution is -0.186. The molecule has 0 radical (unpaired) electrons. The molecule has 8 atom stereocenters. The molecule has 0 N–H and O–H groups in total. The minimum Gasteiger partial charge on any atom is -0.458 e. The molecule has 0 amide bonds. The normalized spacial score (nSPS) is 57.9. The van der Waals surface area contributed by atoms with Gasteiger partial charge in [-0.15, -0.1) is 0 Å². The first-order valence-corrected chi connectivity index (χ1v) is 10.2. The van der Waals surface area contributed by atoms with Gasteiger partial charge in [-0.3, -0.25) is 9.69 Å². The molecule has 6 aliphatic rings. The van der Waals surface area contributed by atoms with Gasteiger partial charge >= 0.3 is 5.97 Å². The number of rotatable bonds is 0. The molecule has 3 heterocycles. The van der Waals surface area contributed by atoms with Gasteiger partial charge < -0.3 is 4.74 Å². The van der Waals surface area contributed by atoms with Gasteiger partial charge in [0.2, 0.25) is 0 Å². The number of hydrogen-bond donors (Lipinski definition) is 0. The first kappa shape index (κ1) is 14.4. The summed E-state index contributed by atoms with van der Waals surface area (Å²) >= 11 is 0. The highest BCUT2D eigenvalue weighted by Gasteiger charge is 2.75. The molecule has 0 bridgehead atoms.